The summed E-state index contributed by atoms with van der Waals surface area (Å²) in [6.07, 6.45) is 1.25. The lowest BCUT2D eigenvalue weighted by molar-refractivity contribution is 0.0315. The van der Waals surface area contributed by atoms with Crippen LogP contribution in [0, 0.1) is 5.92 Å². The second-order valence-corrected chi connectivity index (χ2v) is 7.76. The number of halogens is 2. The van der Waals surface area contributed by atoms with E-state index >= 15 is 0 Å². The Hall–Kier alpha value is -0.770. The van der Waals surface area contributed by atoms with Crippen LogP contribution in [0.25, 0.3) is 0 Å². The van der Waals surface area contributed by atoms with Crippen LogP contribution in [0.2, 0.25) is 5.02 Å². The lowest BCUT2D eigenvalue weighted by atomic mass is 10.1. The average molecular weight is 523 g/mol. The van der Waals surface area contributed by atoms with Crippen LogP contribution in [0.5, 0.6) is 5.75 Å². The van der Waals surface area contributed by atoms with E-state index in [1.54, 1.807) is 0 Å². The first-order valence-electron chi connectivity index (χ1n) is 9.82. The first kappa shape index (κ1) is 23.5. The van der Waals surface area contributed by atoms with Gasteiger partial charge in [-0.2, -0.15) is 0 Å². The lowest BCUT2D eigenvalue weighted by Crippen LogP contribution is -2.44. The molecule has 1 N–H and O–H groups in total. The maximum absolute atomic E-state index is 5.94. The first-order chi connectivity index (χ1) is 13.1. The molecule has 6 nitrogen and oxygen atoms in total. The van der Waals surface area contributed by atoms with Crippen molar-refractivity contribution < 1.29 is 9.47 Å². The van der Waals surface area contributed by atoms with E-state index < -0.39 is 0 Å². The molecule has 8 heteroatoms. The minimum absolute atomic E-state index is 0. The van der Waals surface area contributed by atoms with Gasteiger partial charge in [0.25, 0.3) is 0 Å². The van der Waals surface area contributed by atoms with Crippen molar-refractivity contribution in [3.05, 3.63) is 29.3 Å². The maximum Gasteiger partial charge on any atom is 0.193 e. The topological polar surface area (TPSA) is 49.3 Å². The number of nitrogens with zero attached hydrogens (tertiary/aromatic N) is 3. The largest absolute Gasteiger partial charge is 0.489 e. The molecule has 0 amide bonds. The second-order valence-electron chi connectivity index (χ2n) is 7.32. The molecule has 2 atom stereocenters. The van der Waals surface area contributed by atoms with E-state index in [1.165, 1.54) is 6.42 Å². The molecule has 2 fully saturated rings. The highest BCUT2D eigenvalue weighted by Crippen LogP contribution is 2.19. The van der Waals surface area contributed by atoms with E-state index in [1.807, 2.05) is 31.3 Å². The van der Waals surface area contributed by atoms with Gasteiger partial charge >= 0.3 is 0 Å². The zero-order chi connectivity index (χ0) is 19.1. The highest BCUT2D eigenvalue weighted by molar-refractivity contribution is 14.0. The normalized spacial score (nSPS) is 21.9. The smallest absolute Gasteiger partial charge is 0.193 e. The Kier molecular flexibility index (Phi) is 10.1. The third-order valence-corrected chi connectivity index (χ3v) is 5.37. The van der Waals surface area contributed by atoms with Crippen LogP contribution in [0.4, 0.5) is 0 Å². The number of benzene rings is 1. The molecule has 0 radical (unpaired) electrons. The SMILES string of the molecule is CN=C(NCC(C)Oc1ccc(Cl)cc1)N1CCC(CN2CCOCC2)C1.I. The molecule has 0 saturated carbocycles. The standard InChI is InChI=1S/C20H31ClN4O2.HI/c1-16(27-19-5-3-18(21)4-6-19)13-23-20(22-2)25-8-7-17(15-25)14-24-9-11-26-12-10-24;/h3-6,16-17H,7-15H2,1-2H3,(H,22,23);1H. The molecule has 2 aliphatic heterocycles. The van der Waals surface area contributed by atoms with E-state index in [-0.39, 0.29) is 30.1 Å². The van der Waals surface area contributed by atoms with Crippen molar-refractivity contribution in [1.82, 2.24) is 15.1 Å². The van der Waals surface area contributed by atoms with Crippen molar-refractivity contribution in [3.8, 4) is 5.75 Å². The Bertz CT molecular complexity index is 611. The Balaban J connectivity index is 0.00000280. The molecule has 3 rings (SSSR count). The molecule has 158 valence electrons. The van der Waals surface area contributed by atoms with Gasteiger partial charge < -0.3 is 19.7 Å². The van der Waals surface area contributed by atoms with E-state index in [0.717, 1.165) is 57.6 Å². The van der Waals surface area contributed by atoms with E-state index in [2.05, 4.69) is 27.0 Å². The molecule has 1 aromatic rings. The molecular weight excluding hydrogens is 491 g/mol. The lowest BCUT2D eigenvalue weighted by Gasteiger charge is -2.29. The van der Waals surface area contributed by atoms with Crippen molar-refractivity contribution in [2.45, 2.75) is 19.4 Å². The van der Waals surface area contributed by atoms with Gasteiger partial charge in [0, 0.05) is 44.8 Å². The molecule has 2 aliphatic rings. The number of likely N-dealkylation sites (tertiary alicyclic amines) is 1. The summed E-state index contributed by atoms with van der Waals surface area (Å²) in [7, 11) is 1.85. The fourth-order valence-corrected chi connectivity index (χ4v) is 3.80. The number of ether oxygens (including phenoxy) is 2. The molecule has 0 aromatic heterocycles. The van der Waals surface area contributed by atoms with Gasteiger partial charge in [0.1, 0.15) is 11.9 Å². The summed E-state index contributed by atoms with van der Waals surface area (Å²) in [5.74, 6) is 2.49. The van der Waals surface area contributed by atoms with Gasteiger partial charge in [-0.1, -0.05) is 11.6 Å². The molecule has 2 unspecified atom stereocenters. The fraction of sp³-hybridized carbons (Fsp3) is 0.650. The highest BCUT2D eigenvalue weighted by Gasteiger charge is 2.27. The quantitative estimate of drug-likeness (QED) is 0.354. The molecule has 2 heterocycles. The summed E-state index contributed by atoms with van der Waals surface area (Å²) in [6, 6.07) is 7.47. The zero-order valence-corrected chi connectivity index (χ0v) is 19.9. The van der Waals surface area contributed by atoms with Crippen LogP contribution in [-0.2, 0) is 4.74 Å². The van der Waals surface area contributed by atoms with Crippen molar-refractivity contribution in [1.29, 1.82) is 0 Å². The number of rotatable bonds is 6. The van der Waals surface area contributed by atoms with E-state index in [4.69, 9.17) is 21.1 Å². The monoisotopic (exact) mass is 522 g/mol. The van der Waals surface area contributed by atoms with Gasteiger partial charge in [-0.25, -0.2) is 0 Å². The number of morpholine rings is 1. The van der Waals surface area contributed by atoms with E-state index in [0.29, 0.717) is 17.5 Å². The van der Waals surface area contributed by atoms with Crippen molar-refractivity contribution >= 4 is 41.5 Å². The average Bonchev–Trinajstić information content (AvgIpc) is 3.13. The summed E-state index contributed by atoms with van der Waals surface area (Å²) < 4.78 is 11.4. The Morgan fingerprint density at radius 3 is 2.68 bits per heavy atom. The van der Waals surface area contributed by atoms with Crippen LogP contribution in [0.15, 0.2) is 29.3 Å². The molecule has 1 aromatic carbocycles. The number of hydrogen-bond acceptors (Lipinski definition) is 4. The molecule has 0 aliphatic carbocycles. The van der Waals surface area contributed by atoms with Crippen LogP contribution in [0.3, 0.4) is 0 Å². The van der Waals surface area contributed by atoms with Crippen LogP contribution < -0.4 is 10.1 Å². The van der Waals surface area contributed by atoms with Crippen LogP contribution in [0.1, 0.15) is 13.3 Å². The first-order valence-corrected chi connectivity index (χ1v) is 10.2. The summed E-state index contributed by atoms with van der Waals surface area (Å²) >= 11 is 5.92. The molecule has 28 heavy (non-hydrogen) atoms. The Morgan fingerprint density at radius 1 is 1.29 bits per heavy atom. The minimum atomic E-state index is 0. The number of hydrogen-bond donors (Lipinski definition) is 1. The van der Waals surface area contributed by atoms with Crippen molar-refractivity contribution in [2.24, 2.45) is 10.9 Å². The molecular formula is C20H32ClIN4O2. The van der Waals surface area contributed by atoms with Gasteiger partial charge in [-0.15, -0.1) is 24.0 Å². The van der Waals surface area contributed by atoms with Gasteiger partial charge in [0.15, 0.2) is 5.96 Å². The Labute approximate surface area is 190 Å². The number of aliphatic imine (C=N–C) groups is 1. The number of nitrogens with one attached hydrogen (secondary N) is 1. The van der Waals surface area contributed by atoms with Gasteiger partial charge in [-0.3, -0.25) is 9.89 Å². The van der Waals surface area contributed by atoms with Gasteiger partial charge in [0.2, 0.25) is 0 Å². The predicted octanol–water partition coefficient (Wildman–Crippen LogP) is 2.95. The fourth-order valence-electron chi connectivity index (χ4n) is 3.68. The summed E-state index contributed by atoms with van der Waals surface area (Å²) in [6.45, 7) is 9.89. The third kappa shape index (κ3) is 7.24. The predicted molar refractivity (Wildman–Crippen MR) is 125 cm³/mol. The molecule has 0 spiro atoms. The van der Waals surface area contributed by atoms with Crippen molar-refractivity contribution in [2.75, 3.05) is 59.5 Å². The molecule has 0 bridgehead atoms. The van der Waals surface area contributed by atoms with E-state index in [9.17, 15) is 0 Å². The summed E-state index contributed by atoms with van der Waals surface area (Å²) in [5, 5.41) is 4.18. The van der Waals surface area contributed by atoms with Crippen molar-refractivity contribution in [3.63, 3.8) is 0 Å². The van der Waals surface area contributed by atoms with Crippen LogP contribution >= 0.6 is 35.6 Å². The number of guanidine groups is 1. The Morgan fingerprint density at radius 2 is 2.00 bits per heavy atom. The highest BCUT2D eigenvalue weighted by atomic mass is 127. The van der Waals surface area contributed by atoms with Crippen LogP contribution in [-0.4, -0.2) is 81.4 Å². The maximum atomic E-state index is 5.94. The van der Waals surface area contributed by atoms with Gasteiger partial charge in [-0.05, 0) is 43.5 Å². The summed E-state index contributed by atoms with van der Waals surface area (Å²) in [4.78, 5) is 9.35. The third-order valence-electron chi connectivity index (χ3n) is 5.12. The zero-order valence-electron chi connectivity index (χ0n) is 16.8. The second kappa shape index (κ2) is 12.0. The van der Waals surface area contributed by atoms with Gasteiger partial charge in [0.05, 0.1) is 19.8 Å². The molecule has 2 saturated heterocycles. The summed E-state index contributed by atoms with van der Waals surface area (Å²) in [5.41, 5.74) is 0. The minimum Gasteiger partial charge on any atom is -0.489 e.